The SMILES string of the molecule is CCC(C)Nc1nc(Cl)nc2nccnc12. The van der Waals surface area contributed by atoms with Gasteiger partial charge >= 0.3 is 0 Å². The van der Waals surface area contributed by atoms with E-state index in [1.807, 2.05) is 0 Å². The van der Waals surface area contributed by atoms with Crippen LogP contribution in [0.4, 0.5) is 5.82 Å². The molecule has 5 nitrogen and oxygen atoms in total. The van der Waals surface area contributed by atoms with Crippen LogP contribution in [0.5, 0.6) is 0 Å². The number of fused-ring (bicyclic) bond motifs is 1. The van der Waals surface area contributed by atoms with Gasteiger partial charge in [-0.05, 0) is 24.9 Å². The molecule has 1 N–H and O–H groups in total. The van der Waals surface area contributed by atoms with Gasteiger partial charge in [-0.3, -0.25) is 0 Å². The van der Waals surface area contributed by atoms with E-state index in [9.17, 15) is 0 Å². The van der Waals surface area contributed by atoms with E-state index in [1.165, 1.54) is 0 Å². The van der Waals surface area contributed by atoms with Crippen LogP contribution in [0.25, 0.3) is 11.2 Å². The number of nitrogens with one attached hydrogen (secondary N) is 1. The van der Waals surface area contributed by atoms with Gasteiger partial charge in [-0.2, -0.15) is 9.97 Å². The lowest BCUT2D eigenvalue weighted by molar-refractivity contribution is 0.759. The highest BCUT2D eigenvalue weighted by atomic mass is 35.5. The molecule has 16 heavy (non-hydrogen) atoms. The molecule has 1 atom stereocenters. The standard InChI is InChI=1S/C10H12ClN5/c1-3-6(2)14-9-7-8(13-5-4-12-7)15-10(11)16-9/h4-6H,3H2,1-2H3,(H,13,14,15,16). The molecular formula is C10H12ClN5. The molecule has 2 aromatic rings. The molecule has 0 saturated carbocycles. The lowest BCUT2D eigenvalue weighted by Gasteiger charge is -2.12. The number of anilines is 1. The lowest BCUT2D eigenvalue weighted by Crippen LogP contribution is -2.15. The summed E-state index contributed by atoms with van der Waals surface area (Å²) in [7, 11) is 0. The van der Waals surface area contributed by atoms with E-state index >= 15 is 0 Å². The predicted octanol–water partition coefficient (Wildman–Crippen LogP) is 2.28. The fourth-order valence-corrected chi connectivity index (χ4v) is 1.44. The zero-order valence-electron chi connectivity index (χ0n) is 9.11. The Morgan fingerprint density at radius 2 is 2.06 bits per heavy atom. The smallest absolute Gasteiger partial charge is 0.226 e. The van der Waals surface area contributed by atoms with Crippen LogP contribution in [0.3, 0.4) is 0 Å². The maximum atomic E-state index is 5.82. The van der Waals surface area contributed by atoms with E-state index < -0.39 is 0 Å². The van der Waals surface area contributed by atoms with Gasteiger partial charge in [-0.15, -0.1) is 0 Å². The predicted molar refractivity (Wildman–Crippen MR) is 63.5 cm³/mol. The fourth-order valence-electron chi connectivity index (χ4n) is 1.27. The summed E-state index contributed by atoms with van der Waals surface area (Å²) in [4.78, 5) is 16.4. The van der Waals surface area contributed by atoms with Crippen LogP contribution in [-0.4, -0.2) is 26.0 Å². The summed E-state index contributed by atoms with van der Waals surface area (Å²) in [5, 5.41) is 3.42. The molecule has 0 saturated heterocycles. The van der Waals surface area contributed by atoms with Gasteiger partial charge < -0.3 is 5.32 Å². The molecule has 0 aromatic carbocycles. The Bertz CT molecular complexity index is 502. The van der Waals surface area contributed by atoms with Crippen LogP contribution < -0.4 is 5.32 Å². The third-order valence-corrected chi connectivity index (χ3v) is 2.47. The zero-order chi connectivity index (χ0) is 11.5. The average Bonchev–Trinajstić information content (AvgIpc) is 2.28. The molecule has 6 heteroatoms. The molecular weight excluding hydrogens is 226 g/mol. The Labute approximate surface area is 98.3 Å². The molecule has 0 bridgehead atoms. The zero-order valence-corrected chi connectivity index (χ0v) is 9.86. The number of rotatable bonds is 3. The van der Waals surface area contributed by atoms with Crippen LogP contribution in [0.2, 0.25) is 5.28 Å². The Balaban J connectivity index is 2.50. The summed E-state index contributed by atoms with van der Waals surface area (Å²) in [6, 6.07) is 0.302. The van der Waals surface area contributed by atoms with Crippen molar-refractivity contribution in [2.45, 2.75) is 26.3 Å². The summed E-state index contributed by atoms with van der Waals surface area (Å²) in [6.07, 6.45) is 4.18. The lowest BCUT2D eigenvalue weighted by atomic mass is 10.2. The monoisotopic (exact) mass is 237 g/mol. The fraction of sp³-hybridized carbons (Fsp3) is 0.400. The quantitative estimate of drug-likeness (QED) is 0.830. The number of hydrogen-bond donors (Lipinski definition) is 1. The molecule has 0 amide bonds. The first-order chi connectivity index (χ1) is 7.70. The molecule has 84 valence electrons. The van der Waals surface area contributed by atoms with Crippen LogP contribution in [0.1, 0.15) is 20.3 Å². The molecule has 2 heterocycles. The van der Waals surface area contributed by atoms with Crippen molar-refractivity contribution in [3.05, 3.63) is 17.7 Å². The first kappa shape index (κ1) is 11.0. The first-order valence-electron chi connectivity index (χ1n) is 5.11. The van der Waals surface area contributed by atoms with Crippen molar-refractivity contribution >= 4 is 28.6 Å². The van der Waals surface area contributed by atoms with Crippen molar-refractivity contribution in [3.63, 3.8) is 0 Å². The van der Waals surface area contributed by atoms with Crippen LogP contribution in [0.15, 0.2) is 12.4 Å². The Morgan fingerprint density at radius 3 is 2.81 bits per heavy atom. The molecule has 0 fully saturated rings. The minimum absolute atomic E-state index is 0.179. The van der Waals surface area contributed by atoms with Gasteiger partial charge in [0.15, 0.2) is 17.0 Å². The summed E-state index contributed by atoms with van der Waals surface area (Å²) in [5.74, 6) is 0.637. The van der Waals surface area contributed by atoms with E-state index in [0.29, 0.717) is 23.0 Å². The van der Waals surface area contributed by atoms with E-state index in [4.69, 9.17) is 11.6 Å². The number of nitrogens with zero attached hydrogens (tertiary/aromatic N) is 4. The second-order valence-corrected chi connectivity index (χ2v) is 3.86. The van der Waals surface area contributed by atoms with Crippen molar-refractivity contribution in [2.24, 2.45) is 0 Å². The topological polar surface area (TPSA) is 63.6 Å². The number of halogens is 1. The molecule has 2 rings (SSSR count). The second kappa shape index (κ2) is 4.57. The van der Waals surface area contributed by atoms with Gasteiger partial charge in [-0.25, -0.2) is 9.97 Å². The Kier molecular flexibility index (Phi) is 3.14. The van der Waals surface area contributed by atoms with Gasteiger partial charge in [0.25, 0.3) is 0 Å². The summed E-state index contributed by atoms with van der Waals surface area (Å²) >= 11 is 5.82. The molecule has 2 aromatic heterocycles. The van der Waals surface area contributed by atoms with Crippen LogP contribution >= 0.6 is 11.6 Å². The average molecular weight is 238 g/mol. The maximum Gasteiger partial charge on any atom is 0.226 e. The molecule has 1 unspecified atom stereocenters. The molecule has 0 radical (unpaired) electrons. The number of aromatic nitrogens is 4. The third-order valence-electron chi connectivity index (χ3n) is 2.30. The highest BCUT2D eigenvalue weighted by molar-refractivity contribution is 6.28. The number of hydrogen-bond acceptors (Lipinski definition) is 5. The van der Waals surface area contributed by atoms with Crippen molar-refractivity contribution in [2.75, 3.05) is 5.32 Å². The van der Waals surface area contributed by atoms with E-state index in [0.717, 1.165) is 6.42 Å². The highest BCUT2D eigenvalue weighted by Crippen LogP contribution is 2.18. The van der Waals surface area contributed by atoms with E-state index in [-0.39, 0.29) is 5.28 Å². The Hall–Kier alpha value is -1.49. The maximum absolute atomic E-state index is 5.82. The van der Waals surface area contributed by atoms with Gasteiger partial charge in [0.1, 0.15) is 0 Å². The van der Waals surface area contributed by atoms with E-state index in [1.54, 1.807) is 12.4 Å². The first-order valence-corrected chi connectivity index (χ1v) is 5.49. The van der Waals surface area contributed by atoms with Crippen LogP contribution in [0, 0.1) is 0 Å². The molecule has 0 aliphatic carbocycles. The second-order valence-electron chi connectivity index (χ2n) is 3.52. The summed E-state index contributed by atoms with van der Waals surface area (Å²) in [6.45, 7) is 4.16. The van der Waals surface area contributed by atoms with Gasteiger partial charge in [0.05, 0.1) is 0 Å². The van der Waals surface area contributed by atoms with Crippen LogP contribution in [-0.2, 0) is 0 Å². The van der Waals surface area contributed by atoms with Gasteiger partial charge in [-0.1, -0.05) is 6.92 Å². The third kappa shape index (κ3) is 2.19. The largest absolute Gasteiger partial charge is 0.366 e. The Morgan fingerprint density at radius 1 is 1.31 bits per heavy atom. The van der Waals surface area contributed by atoms with Crippen molar-refractivity contribution in [3.8, 4) is 0 Å². The minimum Gasteiger partial charge on any atom is -0.366 e. The van der Waals surface area contributed by atoms with Gasteiger partial charge in [0.2, 0.25) is 5.28 Å². The van der Waals surface area contributed by atoms with Crippen molar-refractivity contribution < 1.29 is 0 Å². The molecule has 0 spiro atoms. The van der Waals surface area contributed by atoms with Crippen molar-refractivity contribution in [1.29, 1.82) is 0 Å². The van der Waals surface area contributed by atoms with Crippen molar-refractivity contribution in [1.82, 2.24) is 19.9 Å². The normalized spacial score (nSPS) is 12.7. The highest BCUT2D eigenvalue weighted by Gasteiger charge is 2.09. The van der Waals surface area contributed by atoms with E-state index in [2.05, 4.69) is 39.1 Å². The van der Waals surface area contributed by atoms with Gasteiger partial charge in [0, 0.05) is 18.4 Å². The molecule has 0 aliphatic rings. The summed E-state index contributed by atoms with van der Waals surface area (Å²) in [5.41, 5.74) is 1.15. The summed E-state index contributed by atoms with van der Waals surface area (Å²) < 4.78 is 0. The molecule has 0 aliphatic heterocycles. The minimum atomic E-state index is 0.179.